The van der Waals surface area contributed by atoms with Crippen LogP contribution in [0, 0.1) is 0 Å². The Balaban J connectivity index is 1.64. The molecule has 35 heavy (non-hydrogen) atoms. The van der Waals surface area contributed by atoms with E-state index < -0.39 is 34.9 Å². The molecule has 3 aromatic rings. The number of nitrogens with one attached hydrogen (secondary N) is 1. The summed E-state index contributed by atoms with van der Waals surface area (Å²) in [5.74, 6) is -0.691. The highest BCUT2D eigenvalue weighted by Crippen LogP contribution is 2.35. The molecule has 5 nitrogen and oxygen atoms in total. The summed E-state index contributed by atoms with van der Waals surface area (Å²) in [4.78, 5) is 25.1. The molecule has 0 saturated heterocycles. The number of carbonyl (C=O) groups is 2. The monoisotopic (exact) mass is 505 g/mol. The second-order valence-electron chi connectivity index (χ2n) is 7.70. The Morgan fingerprint density at radius 2 is 1.40 bits per heavy atom. The minimum atomic E-state index is -4.57. The van der Waals surface area contributed by atoms with Crippen LogP contribution < -0.4 is 5.32 Å². The van der Waals surface area contributed by atoms with Crippen LogP contribution in [0.15, 0.2) is 78.9 Å². The van der Waals surface area contributed by atoms with Gasteiger partial charge in [-0.3, -0.25) is 0 Å². The van der Waals surface area contributed by atoms with Crippen molar-refractivity contribution in [3.8, 4) is 0 Å². The van der Waals surface area contributed by atoms with Gasteiger partial charge in [0.25, 0.3) is 0 Å². The van der Waals surface area contributed by atoms with Crippen LogP contribution in [0.5, 0.6) is 0 Å². The summed E-state index contributed by atoms with van der Waals surface area (Å²) < 4.78 is 49.4. The first-order valence-corrected chi connectivity index (χ1v) is 11.1. The van der Waals surface area contributed by atoms with Crippen molar-refractivity contribution in [2.24, 2.45) is 0 Å². The Bertz CT molecular complexity index is 1120. The second-order valence-corrected chi connectivity index (χ2v) is 8.11. The highest BCUT2D eigenvalue weighted by atomic mass is 35.5. The van der Waals surface area contributed by atoms with Crippen LogP contribution in [0.4, 0.5) is 18.0 Å². The highest BCUT2D eigenvalue weighted by molar-refractivity contribution is 6.31. The molecule has 3 rings (SSSR count). The molecule has 0 spiro atoms. The molecule has 0 aromatic heterocycles. The maximum atomic E-state index is 13.0. The fourth-order valence-electron chi connectivity index (χ4n) is 3.24. The number of hydrogen-bond donors (Lipinski definition) is 1. The van der Waals surface area contributed by atoms with Crippen LogP contribution in [0.3, 0.4) is 0 Å². The van der Waals surface area contributed by atoms with Crippen LogP contribution in [-0.2, 0) is 40.1 Å². The number of rotatable bonds is 9. The van der Waals surface area contributed by atoms with Crippen molar-refractivity contribution >= 4 is 23.7 Å². The minimum absolute atomic E-state index is 0.00300. The van der Waals surface area contributed by atoms with E-state index in [4.69, 9.17) is 21.1 Å². The third-order valence-corrected chi connectivity index (χ3v) is 5.39. The zero-order chi connectivity index (χ0) is 25.3. The van der Waals surface area contributed by atoms with Gasteiger partial charge < -0.3 is 14.8 Å². The van der Waals surface area contributed by atoms with Gasteiger partial charge in [-0.25, -0.2) is 9.59 Å². The van der Waals surface area contributed by atoms with Crippen LogP contribution in [0.1, 0.15) is 28.7 Å². The van der Waals surface area contributed by atoms with Crippen LogP contribution >= 0.6 is 11.6 Å². The SMILES string of the molecule is O=C(NC(CCc1ccc(C(F)(F)F)c(Cl)c1)C(=O)OCc1ccccc1)OCc1ccccc1. The fourth-order valence-corrected chi connectivity index (χ4v) is 3.55. The number of ether oxygens (including phenoxy) is 2. The first-order valence-electron chi connectivity index (χ1n) is 10.8. The topological polar surface area (TPSA) is 64.6 Å². The molecule has 0 radical (unpaired) electrons. The predicted octanol–water partition coefficient (Wildman–Crippen LogP) is 6.33. The number of carbonyl (C=O) groups excluding carboxylic acids is 2. The molecule has 0 aliphatic rings. The van der Waals surface area contributed by atoms with Crippen molar-refractivity contribution < 1.29 is 32.2 Å². The maximum absolute atomic E-state index is 13.0. The molecule has 0 fully saturated rings. The molecule has 0 bridgehead atoms. The van der Waals surface area contributed by atoms with Crippen molar-refractivity contribution in [2.45, 2.75) is 38.3 Å². The van der Waals surface area contributed by atoms with E-state index in [0.29, 0.717) is 5.56 Å². The van der Waals surface area contributed by atoms with Gasteiger partial charge in [-0.2, -0.15) is 13.2 Å². The van der Waals surface area contributed by atoms with E-state index in [-0.39, 0.29) is 26.1 Å². The highest BCUT2D eigenvalue weighted by Gasteiger charge is 2.33. The molecule has 9 heteroatoms. The second kappa shape index (κ2) is 12.3. The van der Waals surface area contributed by atoms with E-state index in [2.05, 4.69) is 5.32 Å². The molecular formula is C26H23ClF3NO4. The Hall–Kier alpha value is -3.52. The summed E-state index contributed by atoms with van der Waals surface area (Å²) in [6.07, 6.45) is -5.15. The molecule has 0 saturated carbocycles. The Kier molecular flexibility index (Phi) is 9.14. The quantitative estimate of drug-likeness (QED) is 0.345. The van der Waals surface area contributed by atoms with Gasteiger partial charge in [0.05, 0.1) is 10.6 Å². The molecular weight excluding hydrogens is 483 g/mol. The smallest absolute Gasteiger partial charge is 0.417 e. The standard InChI is InChI=1S/C26H23ClF3NO4/c27-22-15-18(11-13-21(22)26(28,29)30)12-14-23(24(32)34-16-19-7-3-1-4-8-19)31-25(33)35-17-20-9-5-2-6-10-20/h1-11,13,15,23H,12,14,16-17H2,(H,31,33). The Morgan fingerprint density at radius 1 is 0.829 bits per heavy atom. The largest absolute Gasteiger partial charge is 0.459 e. The third-order valence-electron chi connectivity index (χ3n) is 5.07. The number of alkyl carbamates (subject to hydrolysis) is 1. The van der Waals surface area contributed by atoms with Crippen molar-refractivity contribution in [2.75, 3.05) is 0 Å². The summed E-state index contributed by atoms with van der Waals surface area (Å²) in [5.41, 5.74) is 1.07. The van der Waals surface area contributed by atoms with E-state index in [1.165, 1.54) is 12.1 Å². The summed E-state index contributed by atoms with van der Waals surface area (Å²) >= 11 is 5.79. The summed E-state index contributed by atoms with van der Waals surface area (Å²) in [7, 11) is 0. The average Bonchev–Trinajstić information content (AvgIpc) is 2.84. The van der Waals surface area contributed by atoms with Gasteiger partial charge in [0, 0.05) is 0 Å². The average molecular weight is 506 g/mol. The number of benzene rings is 3. The summed E-state index contributed by atoms with van der Waals surface area (Å²) in [6.45, 7) is 0.00991. The fraction of sp³-hybridized carbons (Fsp3) is 0.231. The summed E-state index contributed by atoms with van der Waals surface area (Å²) in [5, 5.41) is 2.06. The van der Waals surface area contributed by atoms with E-state index in [0.717, 1.165) is 17.2 Å². The molecule has 0 aliphatic heterocycles. The molecule has 1 atom stereocenters. The molecule has 0 aliphatic carbocycles. The van der Waals surface area contributed by atoms with Crippen molar-refractivity contribution in [1.82, 2.24) is 5.32 Å². The molecule has 1 N–H and O–H groups in total. The van der Waals surface area contributed by atoms with Gasteiger partial charge >= 0.3 is 18.2 Å². The van der Waals surface area contributed by atoms with Crippen molar-refractivity contribution in [3.05, 3.63) is 106 Å². The number of halogens is 4. The van der Waals surface area contributed by atoms with E-state index >= 15 is 0 Å². The first kappa shape index (κ1) is 26.1. The Labute approximate surface area is 205 Å². The van der Waals surface area contributed by atoms with Gasteiger partial charge in [-0.1, -0.05) is 78.3 Å². The number of hydrogen-bond acceptors (Lipinski definition) is 4. The number of aryl methyl sites for hydroxylation is 1. The van der Waals surface area contributed by atoms with Crippen LogP contribution in [0.2, 0.25) is 5.02 Å². The predicted molar refractivity (Wildman–Crippen MR) is 125 cm³/mol. The molecule has 184 valence electrons. The lowest BCUT2D eigenvalue weighted by Crippen LogP contribution is -2.42. The van der Waals surface area contributed by atoms with Crippen LogP contribution in [-0.4, -0.2) is 18.1 Å². The Morgan fingerprint density at radius 3 is 1.94 bits per heavy atom. The third kappa shape index (κ3) is 8.33. The molecule has 0 heterocycles. The van der Waals surface area contributed by atoms with Crippen LogP contribution in [0.25, 0.3) is 0 Å². The van der Waals surface area contributed by atoms with E-state index in [1.807, 2.05) is 12.1 Å². The molecule has 3 aromatic carbocycles. The number of esters is 1. The van der Waals surface area contributed by atoms with Crippen molar-refractivity contribution in [3.63, 3.8) is 0 Å². The lowest BCUT2D eigenvalue weighted by Gasteiger charge is -2.18. The molecule has 1 unspecified atom stereocenters. The zero-order valence-electron chi connectivity index (χ0n) is 18.6. The molecule has 1 amide bonds. The van der Waals surface area contributed by atoms with Gasteiger partial charge in [0.1, 0.15) is 19.3 Å². The van der Waals surface area contributed by atoms with E-state index in [1.54, 1.807) is 48.5 Å². The van der Waals surface area contributed by atoms with E-state index in [9.17, 15) is 22.8 Å². The number of alkyl halides is 3. The minimum Gasteiger partial charge on any atom is -0.459 e. The van der Waals surface area contributed by atoms with Crippen molar-refractivity contribution in [1.29, 1.82) is 0 Å². The van der Waals surface area contributed by atoms with Gasteiger partial charge in [0.2, 0.25) is 0 Å². The van der Waals surface area contributed by atoms with Gasteiger partial charge in [-0.15, -0.1) is 0 Å². The lowest BCUT2D eigenvalue weighted by atomic mass is 10.0. The summed E-state index contributed by atoms with van der Waals surface area (Å²) in [6, 6.07) is 20.3. The van der Waals surface area contributed by atoms with Gasteiger partial charge in [-0.05, 0) is 41.7 Å². The first-order chi connectivity index (χ1) is 16.7. The number of amides is 1. The zero-order valence-corrected chi connectivity index (χ0v) is 19.3. The lowest BCUT2D eigenvalue weighted by molar-refractivity contribution is -0.147. The normalized spacial score (nSPS) is 12.0. The maximum Gasteiger partial charge on any atom is 0.417 e. The van der Waals surface area contributed by atoms with Gasteiger partial charge in [0.15, 0.2) is 0 Å².